The molecular weight excluding hydrogens is 408 g/mol. The minimum Gasteiger partial charge on any atom is -0.300 e. The first-order valence-electron chi connectivity index (χ1n) is 9.25. The van der Waals surface area contributed by atoms with Crippen molar-refractivity contribution < 1.29 is 18.0 Å². The molecule has 0 bridgehead atoms. The van der Waals surface area contributed by atoms with E-state index in [9.17, 15) is 18.0 Å². The summed E-state index contributed by atoms with van der Waals surface area (Å²) < 4.78 is 40.0. The Morgan fingerprint density at radius 2 is 1.68 bits per heavy atom. The molecule has 1 nitrogen and oxygen atoms in total. The number of hydrogen-bond donors (Lipinski definition) is 0. The lowest BCUT2D eigenvalue weighted by Crippen LogP contribution is -2.16. The summed E-state index contributed by atoms with van der Waals surface area (Å²) in [6.45, 7) is 1.55. The average molecular weight is 429 g/mol. The standard InChI is InChI=1S/C22H21Cl2F3O/c1-13(28)10-18(14-2-3-14)16-6-9-21(24)19(11-16)20(12-22(25,26)27)15-4-7-17(23)8-5-15/h4-9,11,14,18,20H,2-3,10,12H2,1H3/t18?,20-/m0/s1. The number of ketones is 1. The monoisotopic (exact) mass is 428 g/mol. The van der Waals surface area contributed by atoms with Gasteiger partial charge in [0.2, 0.25) is 0 Å². The van der Waals surface area contributed by atoms with E-state index < -0.39 is 18.5 Å². The van der Waals surface area contributed by atoms with Crippen molar-refractivity contribution in [2.45, 2.75) is 50.6 Å². The molecule has 0 radical (unpaired) electrons. The largest absolute Gasteiger partial charge is 0.390 e. The van der Waals surface area contributed by atoms with Gasteiger partial charge in [0.1, 0.15) is 5.78 Å². The van der Waals surface area contributed by atoms with Crippen LogP contribution in [0.25, 0.3) is 0 Å². The zero-order valence-electron chi connectivity index (χ0n) is 15.4. The first-order chi connectivity index (χ1) is 13.1. The van der Waals surface area contributed by atoms with Crippen LogP contribution in [-0.2, 0) is 4.79 Å². The van der Waals surface area contributed by atoms with E-state index in [0.29, 0.717) is 33.5 Å². The molecule has 1 fully saturated rings. The maximum atomic E-state index is 13.3. The SMILES string of the molecule is CC(=O)CC(c1ccc(Cl)c([C@@H](CC(F)(F)F)c2ccc(Cl)cc2)c1)C1CC1. The summed E-state index contributed by atoms with van der Waals surface area (Å²) in [6, 6.07) is 11.6. The fraction of sp³-hybridized carbons (Fsp3) is 0.409. The number of carbonyl (C=O) groups is 1. The Bertz CT molecular complexity index is 842. The van der Waals surface area contributed by atoms with Crippen molar-refractivity contribution in [2.24, 2.45) is 5.92 Å². The molecule has 0 N–H and O–H groups in total. The van der Waals surface area contributed by atoms with Crippen molar-refractivity contribution in [3.63, 3.8) is 0 Å². The van der Waals surface area contributed by atoms with E-state index in [1.54, 1.807) is 43.3 Å². The molecule has 2 aromatic carbocycles. The third kappa shape index (κ3) is 5.51. The van der Waals surface area contributed by atoms with Gasteiger partial charge in [0.25, 0.3) is 0 Å². The van der Waals surface area contributed by atoms with Gasteiger partial charge in [-0.25, -0.2) is 0 Å². The van der Waals surface area contributed by atoms with Gasteiger partial charge in [-0.1, -0.05) is 47.5 Å². The van der Waals surface area contributed by atoms with Crippen molar-refractivity contribution in [1.82, 2.24) is 0 Å². The first-order valence-corrected chi connectivity index (χ1v) is 10.0. The Kier molecular flexibility index (Phi) is 6.41. The second kappa shape index (κ2) is 8.46. The van der Waals surface area contributed by atoms with E-state index in [-0.39, 0.29) is 11.7 Å². The van der Waals surface area contributed by atoms with Crippen molar-refractivity contribution in [3.8, 4) is 0 Å². The summed E-state index contributed by atoms with van der Waals surface area (Å²) in [6.07, 6.45) is -2.88. The van der Waals surface area contributed by atoms with E-state index in [4.69, 9.17) is 23.2 Å². The lowest BCUT2D eigenvalue weighted by Gasteiger charge is -2.23. The van der Waals surface area contributed by atoms with E-state index in [0.717, 1.165) is 18.4 Å². The molecule has 3 rings (SSSR count). The topological polar surface area (TPSA) is 17.1 Å². The highest BCUT2D eigenvalue weighted by molar-refractivity contribution is 6.31. The van der Waals surface area contributed by atoms with Gasteiger partial charge in [0, 0.05) is 22.4 Å². The first kappa shape index (κ1) is 21.2. The molecule has 0 heterocycles. The Balaban J connectivity index is 2.03. The zero-order chi connectivity index (χ0) is 20.5. The van der Waals surface area contributed by atoms with Crippen LogP contribution in [0.5, 0.6) is 0 Å². The Morgan fingerprint density at radius 3 is 2.21 bits per heavy atom. The zero-order valence-corrected chi connectivity index (χ0v) is 16.9. The van der Waals surface area contributed by atoms with Crippen LogP contribution < -0.4 is 0 Å². The summed E-state index contributed by atoms with van der Waals surface area (Å²) in [7, 11) is 0. The number of hydrogen-bond acceptors (Lipinski definition) is 1. The van der Waals surface area contributed by atoms with Crippen molar-refractivity contribution >= 4 is 29.0 Å². The maximum Gasteiger partial charge on any atom is 0.390 e. The summed E-state index contributed by atoms with van der Waals surface area (Å²) in [5, 5.41) is 0.759. The maximum absolute atomic E-state index is 13.3. The van der Waals surface area contributed by atoms with Crippen LogP contribution in [0.2, 0.25) is 10.0 Å². The summed E-state index contributed by atoms with van der Waals surface area (Å²) in [4.78, 5) is 11.7. The van der Waals surface area contributed by atoms with Crippen LogP contribution in [0.1, 0.15) is 61.1 Å². The van der Waals surface area contributed by atoms with Gasteiger partial charge in [-0.05, 0) is 66.5 Å². The number of rotatable bonds is 7. The minimum atomic E-state index is -4.35. The lowest BCUT2D eigenvalue weighted by molar-refractivity contribution is -0.136. The molecule has 1 aliphatic rings. The Morgan fingerprint density at radius 1 is 1.07 bits per heavy atom. The second-order valence-electron chi connectivity index (χ2n) is 7.55. The van der Waals surface area contributed by atoms with Crippen molar-refractivity contribution in [1.29, 1.82) is 0 Å². The van der Waals surface area contributed by atoms with Crippen LogP contribution in [-0.4, -0.2) is 12.0 Å². The Labute approximate surface area is 172 Å². The highest BCUT2D eigenvalue weighted by Gasteiger charge is 2.36. The normalized spacial score (nSPS) is 16.6. The molecule has 1 aliphatic carbocycles. The predicted octanol–water partition coefficient (Wildman–Crippen LogP) is 7.55. The smallest absolute Gasteiger partial charge is 0.300 e. The fourth-order valence-electron chi connectivity index (χ4n) is 3.76. The molecule has 28 heavy (non-hydrogen) atoms. The lowest BCUT2D eigenvalue weighted by atomic mass is 9.83. The van der Waals surface area contributed by atoms with Gasteiger partial charge in [-0.2, -0.15) is 13.2 Å². The Hall–Kier alpha value is -1.52. The van der Waals surface area contributed by atoms with Gasteiger partial charge in [-0.3, -0.25) is 0 Å². The molecule has 6 heteroatoms. The van der Waals surface area contributed by atoms with E-state index in [1.807, 2.05) is 6.07 Å². The molecule has 1 unspecified atom stereocenters. The molecule has 1 saturated carbocycles. The highest BCUT2D eigenvalue weighted by Crippen LogP contribution is 2.47. The number of carbonyl (C=O) groups excluding carboxylic acids is 1. The average Bonchev–Trinajstić information content (AvgIpc) is 3.43. The van der Waals surface area contributed by atoms with Gasteiger partial charge in [-0.15, -0.1) is 0 Å². The molecule has 150 valence electrons. The van der Waals surface area contributed by atoms with Crippen LogP contribution >= 0.6 is 23.2 Å². The summed E-state index contributed by atoms with van der Waals surface area (Å²) in [5.74, 6) is -0.403. The third-order valence-corrected chi connectivity index (χ3v) is 5.83. The van der Waals surface area contributed by atoms with Crippen molar-refractivity contribution in [3.05, 3.63) is 69.2 Å². The van der Waals surface area contributed by atoms with Gasteiger partial charge in [0.05, 0.1) is 6.42 Å². The quantitative estimate of drug-likeness (QED) is 0.444. The fourth-order valence-corrected chi connectivity index (χ4v) is 4.13. The number of halogens is 5. The molecule has 0 amide bonds. The molecular formula is C22H21Cl2F3O. The molecule has 0 aliphatic heterocycles. The van der Waals surface area contributed by atoms with E-state index in [1.165, 1.54) is 0 Å². The predicted molar refractivity (Wildman–Crippen MR) is 106 cm³/mol. The second-order valence-corrected chi connectivity index (χ2v) is 8.40. The third-order valence-electron chi connectivity index (χ3n) is 5.23. The van der Waals surface area contributed by atoms with Gasteiger partial charge < -0.3 is 4.79 Å². The van der Waals surface area contributed by atoms with E-state index >= 15 is 0 Å². The molecule has 2 aromatic rings. The summed E-state index contributed by atoms with van der Waals surface area (Å²) in [5.41, 5.74) is 1.83. The summed E-state index contributed by atoms with van der Waals surface area (Å²) >= 11 is 12.2. The minimum absolute atomic E-state index is 0.0327. The number of alkyl halides is 3. The number of Topliss-reactive ketones (excluding diaryl/α,β-unsaturated/α-hetero) is 1. The number of benzene rings is 2. The van der Waals surface area contributed by atoms with Gasteiger partial charge >= 0.3 is 6.18 Å². The molecule has 0 aromatic heterocycles. The van der Waals surface area contributed by atoms with Crippen molar-refractivity contribution in [2.75, 3.05) is 0 Å². The van der Waals surface area contributed by atoms with Crippen LogP contribution in [0.15, 0.2) is 42.5 Å². The molecule has 2 atom stereocenters. The van der Waals surface area contributed by atoms with Crippen LogP contribution in [0.4, 0.5) is 13.2 Å². The van der Waals surface area contributed by atoms with E-state index in [2.05, 4.69) is 0 Å². The highest BCUT2D eigenvalue weighted by atomic mass is 35.5. The van der Waals surface area contributed by atoms with Crippen LogP contribution in [0.3, 0.4) is 0 Å². The van der Waals surface area contributed by atoms with Crippen LogP contribution in [0, 0.1) is 5.92 Å². The van der Waals surface area contributed by atoms with Gasteiger partial charge in [0.15, 0.2) is 0 Å². The molecule has 0 saturated heterocycles. The molecule has 0 spiro atoms.